The molecule has 1 saturated heterocycles. The molecule has 2 aromatic rings. The molecule has 1 aliphatic heterocycles. The monoisotopic (exact) mass is 759 g/mol. The Morgan fingerprint density at radius 3 is 1.52 bits per heavy atom. The lowest BCUT2D eigenvalue weighted by molar-refractivity contribution is -0.159. The first kappa shape index (κ1) is 40.8. The quantitative estimate of drug-likeness (QED) is 0.0757. The van der Waals surface area contributed by atoms with Crippen molar-refractivity contribution in [3.63, 3.8) is 0 Å². The lowest BCUT2D eigenvalue weighted by Gasteiger charge is -2.35. The van der Waals surface area contributed by atoms with Gasteiger partial charge in [0.25, 0.3) is 31.3 Å². The van der Waals surface area contributed by atoms with Crippen LogP contribution in [0.4, 0.5) is 4.79 Å². The van der Waals surface area contributed by atoms with Crippen molar-refractivity contribution in [1.29, 1.82) is 0 Å². The van der Waals surface area contributed by atoms with E-state index in [1.54, 1.807) is 13.8 Å². The average Bonchev–Trinajstić information content (AvgIpc) is 3.25. The number of nitrogens with zero attached hydrogens (tertiary/aromatic N) is 2. The van der Waals surface area contributed by atoms with E-state index in [0.29, 0.717) is 11.1 Å². The molecule has 0 aliphatic carbocycles. The van der Waals surface area contributed by atoms with Crippen molar-refractivity contribution in [2.75, 3.05) is 19.8 Å². The van der Waals surface area contributed by atoms with E-state index in [1.165, 1.54) is 72.7 Å². The van der Waals surface area contributed by atoms with E-state index in [4.69, 9.17) is 23.0 Å². The number of aliphatic hydroxyl groups is 1. The number of rotatable bonds is 16. The van der Waals surface area contributed by atoms with Crippen LogP contribution in [0.2, 0.25) is 0 Å². The highest BCUT2D eigenvalue weighted by Crippen LogP contribution is 2.73. The first-order valence-electron chi connectivity index (χ1n) is 15.8. The molecular formula is C32H44N2O13PS2+. The highest BCUT2D eigenvalue weighted by molar-refractivity contribution is 7.91. The van der Waals surface area contributed by atoms with Crippen molar-refractivity contribution < 1.29 is 59.4 Å². The van der Waals surface area contributed by atoms with Crippen molar-refractivity contribution >= 4 is 45.9 Å². The number of urea groups is 1. The number of carbonyl (C=O) groups excluding carboxylic acids is 3. The van der Waals surface area contributed by atoms with Crippen molar-refractivity contribution in [3.05, 3.63) is 70.9 Å². The summed E-state index contributed by atoms with van der Waals surface area (Å²) >= 11 is 0. The third-order valence-electron chi connectivity index (χ3n) is 6.97. The molecule has 1 N–H and O–H groups in total. The molecule has 1 heterocycles. The zero-order valence-electron chi connectivity index (χ0n) is 29.4. The van der Waals surface area contributed by atoms with Crippen LogP contribution in [-0.4, -0.2) is 86.0 Å². The first-order valence-corrected chi connectivity index (χ1v) is 20.2. The van der Waals surface area contributed by atoms with Crippen molar-refractivity contribution in [2.45, 2.75) is 89.9 Å². The summed E-state index contributed by atoms with van der Waals surface area (Å²) in [4.78, 5) is 43.4. The Hall–Kier alpha value is -3.60. The second kappa shape index (κ2) is 15.7. The van der Waals surface area contributed by atoms with Crippen LogP contribution >= 0.6 is 7.94 Å². The number of amides is 3. The molecule has 0 saturated carbocycles. The minimum absolute atomic E-state index is 0.218. The van der Waals surface area contributed by atoms with Gasteiger partial charge in [-0.25, -0.2) is 26.4 Å². The fourth-order valence-corrected chi connectivity index (χ4v) is 10.6. The number of ether oxygens (including phenoxy) is 2. The SMILES string of the molecule is CCO[P+](OCC)(OCC)/C(=C(/O)OC(C)C)C1(C(=O)OC(C)C)C(=O)N(S(=O)(=O)c2ccc(C)cc2)C(=O)N1S(=O)(=O)c1ccc(C)cc1. The average molecular weight is 760 g/mol. The second-order valence-electron chi connectivity index (χ2n) is 11.5. The van der Waals surface area contributed by atoms with Gasteiger partial charge in [-0.2, -0.15) is 17.9 Å². The highest BCUT2D eigenvalue weighted by atomic mass is 32.2. The summed E-state index contributed by atoms with van der Waals surface area (Å²) in [5.74, 6) is -4.99. The highest BCUT2D eigenvalue weighted by Gasteiger charge is 2.81. The third-order valence-corrected chi connectivity index (χ3v) is 13.3. The largest absolute Gasteiger partial charge is 0.478 e. The van der Waals surface area contributed by atoms with Gasteiger partial charge in [0.1, 0.15) is 0 Å². The van der Waals surface area contributed by atoms with Gasteiger partial charge in [0, 0.05) is 0 Å². The van der Waals surface area contributed by atoms with Gasteiger partial charge in [-0.3, -0.25) is 4.79 Å². The first-order chi connectivity index (χ1) is 23.3. The topological polar surface area (TPSA) is 192 Å². The summed E-state index contributed by atoms with van der Waals surface area (Å²) in [5.41, 5.74) is -2.46. The molecule has 1 fully saturated rings. The molecular weight excluding hydrogens is 715 g/mol. The minimum Gasteiger partial charge on any atom is -0.478 e. The zero-order chi connectivity index (χ0) is 37.8. The van der Waals surface area contributed by atoms with Gasteiger partial charge in [-0.15, -0.1) is 4.31 Å². The maximum absolute atomic E-state index is 15.2. The number of aryl methyl sites for hydroxylation is 2. The lowest BCUT2D eigenvalue weighted by atomic mass is 9.99. The van der Waals surface area contributed by atoms with Crippen LogP contribution in [0, 0.1) is 13.8 Å². The standard InChI is InChI=1S/C32H43N2O13PS2/c1-10-43-48(44-11-2,45-12-3)27(28(35)46-21(4)5)32(30(37)47-22(6)7)29(36)33(49(39,40)25-17-13-23(8)14-18-25)31(38)34(32)50(41,42)26-19-15-24(9)16-20-26/h13-22H,10-12H2,1-9H3/p+1/b28-27-. The molecule has 1 atom stereocenters. The molecule has 0 spiro atoms. The summed E-state index contributed by atoms with van der Waals surface area (Å²) in [6.45, 7) is 12.7. The van der Waals surface area contributed by atoms with Gasteiger partial charge in [-0.05, 0) is 86.6 Å². The van der Waals surface area contributed by atoms with Crippen LogP contribution < -0.4 is 0 Å². The van der Waals surface area contributed by atoms with E-state index in [2.05, 4.69) is 0 Å². The predicted molar refractivity (Wildman–Crippen MR) is 182 cm³/mol. The van der Waals surface area contributed by atoms with E-state index in [9.17, 15) is 31.5 Å². The minimum atomic E-state index is -5.41. The van der Waals surface area contributed by atoms with Gasteiger partial charge >= 0.3 is 31.4 Å². The summed E-state index contributed by atoms with van der Waals surface area (Å²) in [7, 11) is -15.2. The van der Waals surface area contributed by atoms with Gasteiger partial charge in [0.15, 0.2) is 0 Å². The second-order valence-corrected chi connectivity index (χ2v) is 17.3. The van der Waals surface area contributed by atoms with Crippen LogP contribution in [0.5, 0.6) is 0 Å². The summed E-state index contributed by atoms with van der Waals surface area (Å²) in [5, 5.41) is 10.7. The van der Waals surface area contributed by atoms with Crippen molar-refractivity contribution in [3.8, 4) is 0 Å². The Labute approximate surface area is 293 Å². The Kier molecular flexibility index (Phi) is 12.9. The van der Waals surface area contributed by atoms with Crippen LogP contribution in [0.3, 0.4) is 0 Å². The predicted octanol–water partition coefficient (Wildman–Crippen LogP) is 5.36. The van der Waals surface area contributed by atoms with Gasteiger partial charge in [0.2, 0.25) is 0 Å². The van der Waals surface area contributed by atoms with Crippen molar-refractivity contribution in [2.24, 2.45) is 0 Å². The number of hydrogen-bond donors (Lipinski definition) is 1. The molecule has 18 heteroatoms. The van der Waals surface area contributed by atoms with Crippen molar-refractivity contribution in [1.82, 2.24) is 8.61 Å². The fourth-order valence-electron chi connectivity index (χ4n) is 5.00. The van der Waals surface area contributed by atoms with Gasteiger partial charge < -0.3 is 14.6 Å². The van der Waals surface area contributed by atoms with Crippen LogP contribution in [-0.2, 0) is 52.7 Å². The maximum Gasteiger partial charge on any atom is 0.455 e. The Balaban J connectivity index is 2.73. The Morgan fingerprint density at radius 2 is 1.14 bits per heavy atom. The van der Waals surface area contributed by atoms with Gasteiger partial charge in [0.05, 0.1) is 41.8 Å². The van der Waals surface area contributed by atoms with Crippen LogP contribution in [0.25, 0.3) is 0 Å². The molecule has 0 aromatic heterocycles. The van der Waals surface area contributed by atoms with Gasteiger partial charge in [-0.1, -0.05) is 35.4 Å². The third kappa shape index (κ3) is 7.39. The fraction of sp³-hybridized carbons (Fsp3) is 0.469. The Morgan fingerprint density at radius 1 is 0.740 bits per heavy atom. The molecule has 15 nitrogen and oxygen atoms in total. The summed E-state index contributed by atoms with van der Waals surface area (Å²) in [6.07, 6.45) is -1.99. The normalized spacial score (nSPS) is 17.8. The number of esters is 1. The van der Waals surface area contributed by atoms with E-state index < -0.39 is 84.7 Å². The number of imide groups is 1. The molecule has 276 valence electrons. The molecule has 2 aromatic carbocycles. The zero-order valence-corrected chi connectivity index (χ0v) is 31.9. The van der Waals surface area contributed by atoms with E-state index in [-0.39, 0.29) is 28.4 Å². The summed E-state index contributed by atoms with van der Waals surface area (Å²) in [6, 6.07) is 7.98. The van der Waals surface area contributed by atoms with E-state index in [1.807, 2.05) is 0 Å². The number of carbonyl (C=O) groups is 3. The number of hydrogen-bond acceptors (Lipinski definition) is 13. The number of benzene rings is 2. The molecule has 3 rings (SSSR count). The molecule has 1 unspecified atom stereocenters. The molecule has 0 bridgehead atoms. The van der Waals surface area contributed by atoms with Crippen LogP contribution in [0.15, 0.2) is 69.6 Å². The Bertz CT molecular complexity index is 1810. The molecule has 3 amide bonds. The molecule has 50 heavy (non-hydrogen) atoms. The molecule has 0 radical (unpaired) electrons. The molecule has 1 aliphatic rings. The maximum atomic E-state index is 15.2. The number of sulfonamides is 2. The van der Waals surface area contributed by atoms with E-state index >= 15 is 4.79 Å². The van der Waals surface area contributed by atoms with Crippen LogP contribution in [0.1, 0.15) is 59.6 Å². The summed E-state index contributed by atoms with van der Waals surface area (Å²) < 4.78 is 86.5. The number of aliphatic hydroxyl groups excluding tert-OH is 1. The smallest absolute Gasteiger partial charge is 0.455 e. The van der Waals surface area contributed by atoms with E-state index in [0.717, 1.165) is 24.3 Å². The lowest BCUT2D eigenvalue weighted by Crippen LogP contribution is -2.61.